The van der Waals surface area contributed by atoms with Crippen molar-refractivity contribution in [2.75, 3.05) is 6.54 Å². The fourth-order valence-corrected chi connectivity index (χ4v) is 2.31. The van der Waals surface area contributed by atoms with E-state index >= 15 is 0 Å². The molecule has 0 heterocycles. The molecule has 0 aliphatic rings. The molecular weight excluding hydrogens is 298 g/mol. The van der Waals surface area contributed by atoms with E-state index in [0.717, 1.165) is 11.1 Å². The number of benzene rings is 2. The van der Waals surface area contributed by atoms with Gasteiger partial charge >= 0.3 is 0 Å². The van der Waals surface area contributed by atoms with Crippen LogP contribution in [0, 0.1) is 6.92 Å². The first-order chi connectivity index (χ1) is 11.5. The second kappa shape index (κ2) is 8.82. The first-order valence-corrected chi connectivity index (χ1v) is 8.11. The fourth-order valence-electron chi connectivity index (χ4n) is 2.31. The summed E-state index contributed by atoms with van der Waals surface area (Å²) >= 11 is 0. The SMILES string of the molecule is CC(=O)CCN(Cc1ccccc1)C(=O)/C=C/c1ccc(C)cc1. The van der Waals surface area contributed by atoms with Crippen molar-refractivity contribution in [2.45, 2.75) is 26.8 Å². The molecule has 24 heavy (non-hydrogen) atoms. The van der Waals surface area contributed by atoms with Gasteiger partial charge in [0.2, 0.25) is 5.91 Å². The number of hydrogen-bond donors (Lipinski definition) is 0. The summed E-state index contributed by atoms with van der Waals surface area (Å²) in [5.41, 5.74) is 3.23. The van der Waals surface area contributed by atoms with Crippen molar-refractivity contribution in [3.63, 3.8) is 0 Å². The molecule has 124 valence electrons. The maximum absolute atomic E-state index is 12.5. The van der Waals surface area contributed by atoms with Crippen LogP contribution in [0.4, 0.5) is 0 Å². The van der Waals surface area contributed by atoms with Crippen LogP contribution in [0.25, 0.3) is 6.08 Å². The van der Waals surface area contributed by atoms with Crippen LogP contribution in [-0.2, 0) is 16.1 Å². The molecule has 0 saturated carbocycles. The van der Waals surface area contributed by atoms with Gasteiger partial charge in [-0.05, 0) is 31.1 Å². The third kappa shape index (κ3) is 5.84. The summed E-state index contributed by atoms with van der Waals surface area (Å²) in [6.07, 6.45) is 3.76. The minimum Gasteiger partial charge on any atom is -0.334 e. The van der Waals surface area contributed by atoms with Gasteiger partial charge in [-0.3, -0.25) is 9.59 Å². The van der Waals surface area contributed by atoms with Crippen LogP contribution in [0.3, 0.4) is 0 Å². The highest BCUT2D eigenvalue weighted by Crippen LogP contribution is 2.09. The number of rotatable bonds is 7. The highest BCUT2D eigenvalue weighted by atomic mass is 16.2. The van der Waals surface area contributed by atoms with Crippen molar-refractivity contribution in [1.29, 1.82) is 0 Å². The van der Waals surface area contributed by atoms with Crippen LogP contribution in [0.1, 0.15) is 30.0 Å². The Bertz CT molecular complexity index is 702. The molecule has 0 spiro atoms. The van der Waals surface area contributed by atoms with Gasteiger partial charge in [0, 0.05) is 25.6 Å². The number of Topliss-reactive ketones (excluding diaryl/α,β-unsaturated/α-hetero) is 1. The Labute approximate surface area is 143 Å². The number of ketones is 1. The Morgan fingerprint density at radius 1 is 1.00 bits per heavy atom. The zero-order valence-electron chi connectivity index (χ0n) is 14.2. The first-order valence-electron chi connectivity index (χ1n) is 8.11. The fraction of sp³-hybridized carbons (Fsp3) is 0.238. The van der Waals surface area contributed by atoms with Gasteiger partial charge in [-0.25, -0.2) is 0 Å². The molecule has 0 radical (unpaired) electrons. The largest absolute Gasteiger partial charge is 0.334 e. The standard InChI is InChI=1S/C21H23NO2/c1-17-8-10-19(11-9-17)12-13-21(24)22(15-14-18(2)23)16-20-6-4-3-5-7-20/h3-13H,14-16H2,1-2H3/b13-12+. The summed E-state index contributed by atoms with van der Waals surface area (Å²) in [5, 5.41) is 0. The Balaban J connectivity index is 2.07. The quantitative estimate of drug-likeness (QED) is 0.722. The second-order valence-electron chi connectivity index (χ2n) is 5.94. The van der Waals surface area contributed by atoms with E-state index in [4.69, 9.17) is 0 Å². The molecule has 0 N–H and O–H groups in total. The van der Waals surface area contributed by atoms with E-state index in [-0.39, 0.29) is 11.7 Å². The lowest BCUT2D eigenvalue weighted by molar-refractivity contribution is -0.127. The van der Waals surface area contributed by atoms with Gasteiger partial charge in [-0.15, -0.1) is 0 Å². The normalized spacial score (nSPS) is 10.8. The third-order valence-electron chi connectivity index (χ3n) is 3.76. The Morgan fingerprint density at radius 3 is 2.29 bits per heavy atom. The van der Waals surface area contributed by atoms with Gasteiger partial charge in [0.05, 0.1) is 0 Å². The number of aryl methyl sites for hydroxylation is 1. The van der Waals surface area contributed by atoms with Gasteiger partial charge < -0.3 is 4.90 Å². The minimum absolute atomic E-state index is 0.0827. The van der Waals surface area contributed by atoms with Crippen LogP contribution >= 0.6 is 0 Å². The average Bonchev–Trinajstić information content (AvgIpc) is 2.58. The number of hydrogen-bond acceptors (Lipinski definition) is 2. The van der Waals surface area contributed by atoms with E-state index in [0.29, 0.717) is 19.5 Å². The maximum atomic E-state index is 12.5. The molecule has 2 aromatic rings. The lowest BCUT2D eigenvalue weighted by Crippen LogP contribution is -2.30. The van der Waals surface area contributed by atoms with Crippen LogP contribution in [0.2, 0.25) is 0 Å². The minimum atomic E-state index is -0.0827. The van der Waals surface area contributed by atoms with Gasteiger partial charge in [-0.2, -0.15) is 0 Å². The summed E-state index contributed by atoms with van der Waals surface area (Å²) in [6.45, 7) is 4.52. The molecule has 0 bridgehead atoms. The number of carbonyl (C=O) groups is 2. The molecule has 0 atom stereocenters. The molecular formula is C21H23NO2. The summed E-state index contributed by atoms with van der Waals surface area (Å²) in [7, 11) is 0. The molecule has 0 aromatic heterocycles. The summed E-state index contributed by atoms with van der Waals surface area (Å²) in [6, 6.07) is 17.8. The summed E-state index contributed by atoms with van der Waals surface area (Å²) in [4.78, 5) is 25.5. The lowest BCUT2D eigenvalue weighted by atomic mass is 10.1. The molecule has 3 heteroatoms. The van der Waals surface area contributed by atoms with Gasteiger partial charge in [0.15, 0.2) is 0 Å². The van der Waals surface area contributed by atoms with E-state index in [2.05, 4.69) is 0 Å². The summed E-state index contributed by atoms with van der Waals surface area (Å²) in [5.74, 6) is 0.00375. The molecule has 0 aliphatic carbocycles. The molecule has 0 unspecified atom stereocenters. The molecule has 0 saturated heterocycles. The van der Waals surface area contributed by atoms with Crippen molar-refractivity contribution in [3.05, 3.63) is 77.4 Å². The zero-order chi connectivity index (χ0) is 17.4. The van der Waals surface area contributed by atoms with Crippen molar-refractivity contribution in [3.8, 4) is 0 Å². The highest BCUT2D eigenvalue weighted by Gasteiger charge is 2.12. The highest BCUT2D eigenvalue weighted by molar-refractivity contribution is 5.92. The van der Waals surface area contributed by atoms with Crippen LogP contribution < -0.4 is 0 Å². The van der Waals surface area contributed by atoms with Gasteiger partial charge in [0.1, 0.15) is 5.78 Å². The first kappa shape index (κ1) is 17.7. The maximum Gasteiger partial charge on any atom is 0.246 e. The Hall–Kier alpha value is -2.68. The predicted octanol–water partition coefficient (Wildman–Crippen LogP) is 4.02. The molecule has 0 fully saturated rings. The van der Waals surface area contributed by atoms with Crippen LogP contribution in [-0.4, -0.2) is 23.1 Å². The number of carbonyl (C=O) groups excluding carboxylic acids is 2. The molecule has 2 aromatic carbocycles. The Kier molecular flexibility index (Phi) is 6.50. The van der Waals surface area contributed by atoms with Gasteiger partial charge in [0.25, 0.3) is 0 Å². The average molecular weight is 321 g/mol. The van der Waals surface area contributed by atoms with Crippen LogP contribution in [0.5, 0.6) is 0 Å². The lowest BCUT2D eigenvalue weighted by Gasteiger charge is -2.21. The topological polar surface area (TPSA) is 37.4 Å². The smallest absolute Gasteiger partial charge is 0.246 e. The molecule has 2 rings (SSSR count). The van der Waals surface area contributed by atoms with Crippen molar-refractivity contribution < 1.29 is 9.59 Å². The van der Waals surface area contributed by atoms with E-state index in [1.807, 2.05) is 67.6 Å². The van der Waals surface area contributed by atoms with Gasteiger partial charge in [-0.1, -0.05) is 60.2 Å². The van der Waals surface area contributed by atoms with E-state index in [1.165, 1.54) is 5.56 Å². The van der Waals surface area contributed by atoms with Crippen LogP contribution in [0.15, 0.2) is 60.7 Å². The predicted molar refractivity (Wildman–Crippen MR) is 97.4 cm³/mol. The molecule has 0 aliphatic heterocycles. The zero-order valence-corrected chi connectivity index (χ0v) is 14.2. The number of amides is 1. The molecule has 3 nitrogen and oxygen atoms in total. The Morgan fingerprint density at radius 2 is 1.67 bits per heavy atom. The monoisotopic (exact) mass is 321 g/mol. The third-order valence-corrected chi connectivity index (χ3v) is 3.76. The van der Waals surface area contributed by atoms with E-state index in [1.54, 1.807) is 17.9 Å². The number of nitrogens with zero attached hydrogens (tertiary/aromatic N) is 1. The van der Waals surface area contributed by atoms with E-state index in [9.17, 15) is 9.59 Å². The van der Waals surface area contributed by atoms with Crippen molar-refractivity contribution >= 4 is 17.8 Å². The molecule has 1 amide bonds. The van der Waals surface area contributed by atoms with Crippen molar-refractivity contribution in [2.24, 2.45) is 0 Å². The second-order valence-corrected chi connectivity index (χ2v) is 5.94. The van der Waals surface area contributed by atoms with Crippen molar-refractivity contribution in [1.82, 2.24) is 4.90 Å². The van der Waals surface area contributed by atoms with E-state index < -0.39 is 0 Å². The summed E-state index contributed by atoms with van der Waals surface area (Å²) < 4.78 is 0.